The third-order valence-electron chi connectivity index (χ3n) is 1.33. The van der Waals surface area contributed by atoms with Crippen molar-refractivity contribution in [2.75, 3.05) is 0 Å². The Morgan fingerprint density at radius 1 is 0.909 bits per heavy atom. The van der Waals surface area contributed by atoms with Gasteiger partial charge in [-0.15, -0.1) is 12.3 Å². The maximum atomic E-state index is 4.60. The average Bonchev–Trinajstić information content (AvgIpc) is 1.93. The van der Waals surface area contributed by atoms with Crippen LogP contribution in [0.5, 0.6) is 0 Å². The summed E-state index contributed by atoms with van der Waals surface area (Å²) < 4.78 is 0. The molecule has 0 aliphatic carbocycles. The molecule has 0 aromatic rings. The van der Waals surface area contributed by atoms with Crippen molar-refractivity contribution in [3.8, 4) is 12.3 Å². The van der Waals surface area contributed by atoms with E-state index in [1.807, 2.05) is 13.8 Å². The van der Waals surface area contributed by atoms with Crippen LogP contribution in [0.3, 0.4) is 0 Å². The van der Waals surface area contributed by atoms with E-state index in [0.29, 0.717) is 0 Å². The van der Waals surface area contributed by atoms with Gasteiger partial charge in [0.1, 0.15) is 0 Å². The van der Waals surface area contributed by atoms with Crippen molar-refractivity contribution >= 4 is 0 Å². The number of rotatable bonds is 1. The molecule has 0 atom stereocenters. The predicted molar refractivity (Wildman–Crippen MR) is 55.5 cm³/mol. The molecule has 0 fully saturated rings. The molecule has 68 valence electrons. The van der Waals surface area contributed by atoms with Crippen molar-refractivity contribution < 1.29 is 0 Å². The molecule has 0 unspecified atom stereocenters. The average molecular weight is 156 g/mol. The molecule has 0 saturated heterocycles. The van der Waals surface area contributed by atoms with Crippen LogP contribution in [0.2, 0.25) is 0 Å². The molecule has 11 heavy (non-hydrogen) atoms. The molecule has 0 rings (SSSR count). The molecule has 0 aliphatic rings. The lowest BCUT2D eigenvalue weighted by Crippen LogP contribution is -1.95. The van der Waals surface area contributed by atoms with Crippen LogP contribution >= 0.6 is 0 Å². The Hall–Kier alpha value is -0.440. The third-order valence-corrected chi connectivity index (χ3v) is 1.33. The van der Waals surface area contributed by atoms with E-state index >= 15 is 0 Å². The predicted octanol–water partition coefficient (Wildman–Crippen LogP) is 3.96. The Balaban J connectivity index is -0.000000109. The van der Waals surface area contributed by atoms with Gasteiger partial charge in [0.2, 0.25) is 0 Å². The van der Waals surface area contributed by atoms with Crippen LogP contribution in [0, 0.1) is 24.2 Å². The molecule has 0 radical (unpaired) electrons. The van der Waals surface area contributed by atoms with E-state index in [9.17, 15) is 0 Å². The zero-order chi connectivity index (χ0) is 9.86. The minimum Gasteiger partial charge on any atom is -0.120 e. The highest BCUT2D eigenvalue weighted by Crippen LogP contribution is 2.05. The fraction of sp³-hybridized carbons (Fsp3) is 0.818. The van der Waals surface area contributed by atoms with Crippen molar-refractivity contribution in [3.63, 3.8) is 0 Å². The molecule has 0 aromatic carbocycles. The van der Waals surface area contributed by atoms with Crippen LogP contribution < -0.4 is 0 Å². The second kappa shape index (κ2) is 16.3. The van der Waals surface area contributed by atoms with Gasteiger partial charge in [-0.2, -0.15) is 0 Å². The van der Waals surface area contributed by atoms with Gasteiger partial charge in [0.05, 0.1) is 0 Å². The van der Waals surface area contributed by atoms with E-state index in [-0.39, 0.29) is 0 Å². The molecular weight excluding hydrogens is 132 g/mol. The van der Waals surface area contributed by atoms with Crippen molar-refractivity contribution in [1.82, 2.24) is 0 Å². The summed E-state index contributed by atoms with van der Waals surface area (Å²) in [5, 5.41) is 0. The monoisotopic (exact) mass is 156 g/mol. The minimum atomic E-state index is 0.852. The second-order valence-electron chi connectivity index (χ2n) is 2.78. The van der Waals surface area contributed by atoms with Gasteiger partial charge in [-0.1, -0.05) is 41.5 Å². The fourth-order valence-corrected chi connectivity index (χ4v) is 0. The molecule has 0 aromatic heterocycles. The quantitative estimate of drug-likeness (QED) is 0.504. The van der Waals surface area contributed by atoms with E-state index in [2.05, 4.69) is 40.0 Å². The summed E-state index contributed by atoms with van der Waals surface area (Å²) in [6.45, 7) is 14.6. The Morgan fingerprint density at radius 2 is 1.00 bits per heavy atom. The molecular formula is C11H24. The smallest absolute Gasteiger partial charge is 0.00297 e. The summed E-state index contributed by atoms with van der Waals surface area (Å²) in [5.74, 6) is 3.95. The van der Waals surface area contributed by atoms with Crippen molar-refractivity contribution in [2.24, 2.45) is 11.8 Å². The first-order chi connectivity index (χ1) is 5.06. The summed E-state index contributed by atoms with van der Waals surface area (Å²) in [4.78, 5) is 0. The summed E-state index contributed by atoms with van der Waals surface area (Å²) in [5.41, 5.74) is 0. The lowest BCUT2D eigenvalue weighted by molar-refractivity contribution is 0.457. The van der Waals surface area contributed by atoms with Gasteiger partial charge in [0, 0.05) is 0 Å². The second-order valence-corrected chi connectivity index (χ2v) is 2.78. The summed E-state index contributed by atoms with van der Waals surface area (Å²) >= 11 is 0. The third kappa shape index (κ3) is 43.1. The first-order valence-electron chi connectivity index (χ1n) is 4.43. The van der Waals surface area contributed by atoms with Gasteiger partial charge in [0.15, 0.2) is 0 Å². The van der Waals surface area contributed by atoms with E-state index in [4.69, 9.17) is 0 Å². The summed E-state index contributed by atoms with van der Waals surface area (Å²) in [7, 11) is 0. The first-order valence-corrected chi connectivity index (χ1v) is 4.43. The van der Waals surface area contributed by atoms with E-state index in [1.54, 1.807) is 6.92 Å². The molecule has 0 nitrogen and oxygen atoms in total. The Kier molecular flexibility index (Phi) is 25.0. The fourth-order valence-electron chi connectivity index (χ4n) is 0. The summed E-state index contributed by atoms with van der Waals surface area (Å²) in [6, 6.07) is 0. The number of hydrogen-bond donors (Lipinski definition) is 0. The van der Waals surface area contributed by atoms with Crippen LogP contribution in [0.15, 0.2) is 0 Å². The lowest BCUT2D eigenvalue weighted by atomic mass is 10.0. The topological polar surface area (TPSA) is 0 Å². The minimum absolute atomic E-state index is 0.852. The molecule has 0 aliphatic heterocycles. The van der Waals surface area contributed by atoms with Crippen LogP contribution in [-0.4, -0.2) is 0 Å². The molecule has 0 saturated carbocycles. The Labute approximate surface area is 73.4 Å². The van der Waals surface area contributed by atoms with Crippen molar-refractivity contribution in [1.29, 1.82) is 0 Å². The van der Waals surface area contributed by atoms with E-state index < -0.39 is 0 Å². The lowest BCUT2D eigenvalue weighted by Gasteiger charge is -2.05. The molecule has 0 N–H and O–H groups in total. The maximum absolute atomic E-state index is 4.60. The van der Waals surface area contributed by atoms with Gasteiger partial charge in [-0.3, -0.25) is 0 Å². The SMILES string of the molecule is C#CC.CC.CC(C)C(C)C. The molecule has 0 spiro atoms. The summed E-state index contributed by atoms with van der Waals surface area (Å²) in [6.07, 6.45) is 4.60. The van der Waals surface area contributed by atoms with Crippen LogP contribution in [0.1, 0.15) is 48.5 Å². The molecule has 0 heteroatoms. The van der Waals surface area contributed by atoms with Crippen molar-refractivity contribution in [2.45, 2.75) is 48.5 Å². The molecule has 0 heterocycles. The maximum Gasteiger partial charge on any atom is -0.00297 e. The largest absolute Gasteiger partial charge is 0.120 e. The van der Waals surface area contributed by atoms with Crippen molar-refractivity contribution in [3.05, 3.63) is 0 Å². The van der Waals surface area contributed by atoms with Gasteiger partial charge in [0.25, 0.3) is 0 Å². The molecule has 0 bridgehead atoms. The highest BCUT2D eigenvalue weighted by Gasteiger charge is 1.95. The van der Waals surface area contributed by atoms with Gasteiger partial charge < -0.3 is 0 Å². The Bertz CT molecular complexity index is 66.5. The van der Waals surface area contributed by atoms with Crippen LogP contribution in [0.4, 0.5) is 0 Å². The van der Waals surface area contributed by atoms with Gasteiger partial charge in [-0.05, 0) is 18.8 Å². The highest BCUT2D eigenvalue weighted by atomic mass is 14.0. The molecule has 0 amide bonds. The van der Waals surface area contributed by atoms with Gasteiger partial charge in [-0.25, -0.2) is 0 Å². The van der Waals surface area contributed by atoms with E-state index in [1.165, 1.54) is 0 Å². The first kappa shape index (κ1) is 16.9. The normalized spacial score (nSPS) is 7.27. The van der Waals surface area contributed by atoms with E-state index in [0.717, 1.165) is 11.8 Å². The van der Waals surface area contributed by atoms with Crippen LogP contribution in [0.25, 0.3) is 0 Å². The Morgan fingerprint density at radius 3 is 1.00 bits per heavy atom. The number of hydrogen-bond acceptors (Lipinski definition) is 0. The van der Waals surface area contributed by atoms with Crippen LogP contribution in [-0.2, 0) is 0 Å². The van der Waals surface area contributed by atoms with Gasteiger partial charge >= 0.3 is 0 Å². The highest BCUT2D eigenvalue weighted by molar-refractivity contribution is 4.73. The number of terminal acetylenes is 1. The zero-order valence-electron chi connectivity index (χ0n) is 9.23. The zero-order valence-corrected chi connectivity index (χ0v) is 9.23. The standard InChI is InChI=1S/C6H14.C3H4.C2H6/c1-5(2)6(3)4;1-3-2;1-2/h5-6H,1-4H3;1H,2H3;1-2H3.